The molecule has 0 saturated heterocycles. The first-order chi connectivity index (χ1) is 5.84. The van der Waals surface area contributed by atoms with Crippen LogP contribution in [0.4, 0.5) is 8.78 Å². The Hall–Kier alpha value is -0.560. The highest BCUT2D eigenvalue weighted by atomic mass is 79.9. The zero-order valence-corrected chi connectivity index (χ0v) is 8.60. The first-order valence-electron chi connectivity index (χ1n) is 3.00. The second-order valence-corrected chi connectivity index (χ2v) is 3.41. The zero-order chi connectivity index (χ0) is 10.2. The summed E-state index contributed by atoms with van der Waals surface area (Å²) in [6.45, 7) is 0. The molecule has 1 rings (SSSR count). The van der Waals surface area contributed by atoms with E-state index in [0.29, 0.717) is 0 Å². The van der Waals surface area contributed by atoms with Crippen LogP contribution in [0.5, 0.6) is 0 Å². The molecular formula is C5H3BrClF2N3O. The standard InChI is InChI=1S/C5H3BrClF2N3O/c1-12-2(4(6)10-11-12)3(13)5(7,8)9/h1H3. The summed E-state index contributed by atoms with van der Waals surface area (Å²) < 4.78 is 25.6. The van der Waals surface area contributed by atoms with Crippen LogP contribution in [0.1, 0.15) is 10.5 Å². The molecular weight excluding hydrogens is 271 g/mol. The van der Waals surface area contributed by atoms with Crippen LogP contribution < -0.4 is 0 Å². The lowest BCUT2D eigenvalue weighted by Crippen LogP contribution is -2.24. The van der Waals surface area contributed by atoms with Crippen molar-refractivity contribution in [2.75, 3.05) is 0 Å². The van der Waals surface area contributed by atoms with Gasteiger partial charge in [0.05, 0.1) is 0 Å². The molecule has 0 atom stereocenters. The zero-order valence-electron chi connectivity index (χ0n) is 6.26. The lowest BCUT2D eigenvalue weighted by molar-refractivity contribution is 0.0524. The molecule has 4 nitrogen and oxygen atoms in total. The molecule has 13 heavy (non-hydrogen) atoms. The van der Waals surface area contributed by atoms with Gasteiger partial charge in [-0.2, -0.15) is 8.78 Å². The molecule has 0 N–H and O–H groups in total. The maximum Gasteiger partial charge on any atom is 0.386 e. The Morgan fingerprint density at radius 1 is 1.69 bits per heavy atom. The topological polar surface area (TPSA) is 47.8 Å². The fourth-order valence-corrected chi connectivity index (χ4v) is 1.30. The van der Waals surface area contributed by atoms with Crippen molar-refractivity contribution in [2.24, 2.45) is 7.05 Å². The van der Waals surface area contributed by atoms with Gasteiger partial charge in [0.15, 0.2) is 4.60 Å². The number of hydrogen-bond donors (Lipinski definition) is 0. The van der Waals surface area contributed by atoms with E-state index < -0.39 is 11.2 Å². The number of alkyl halides is 3. The van der Waals surface area contributed by atoms with E-state index in [1.54, 1.807) is 0 Å². The molecule has 0 aliphatic heterocycles. The van der Waals surface area contributed by atoms with Crippen LogP contribution in [0.15, 0.2) is 4.60 Å². The van der Waals surface area contributed by atoms with E-state index in [1.165, 1.54) is 7.05 Å². The Morgan fingerprint density at radius 3 is 2.54 bits per heavy atom. The Labute approximate surface area is 85.0 Å². The first kappa shape index (κ1) is 10.5. The van der Waals surface area contributed by atoms with E-state index in [1.807, 2.05) is 0 Å². The molecule has 0 amide bonds. The predicted octanol–water partition coefficient (Wildman–Crippen LogP) is 1.59. The second-order valence-electron chi connectivity index (χ2n) is 2.18. The van der Waals surface area contributed by atoms with E-state index in [2.05, 4.69) is 37.8 Å². The summed E-state index contributed by atoms with van der Waals surface area (Å²) in [5.41, 5.74) is -0.361. The van der Waals surface area contributed by atoms with E-state index >= 15 is 0 Å². The summed E-state index contributed by atoms with van der Waals surface area (Å²) in [6.07, 6.45) is 0. The number of aromatic nitrogens is 3. The van der Waals surface area contributed by atoms with Crippen molar-refractivity contribution in [3.8, 4) is 0 Å². The summed E-state index contributed by atoms with van der Waals surface area (Å²) in [6, 6.07) is 0. The van der Waals surface area contributed by atoms with Crippen molar-refractivity contribution >= 4 is 33.3 Å². The van der Waals surface area contributed by atoms with Crippen LogP contribution in [-0.2, 0) is 7.05 Å². The fourth-order valence-electron chi connectivity index (χ4n) is 0.707. The van der Waals surface area contributed by atoms with Crippen molar-refractivity contribution in [2.45, 2.75) is 5.38 Å². The van der Waals surface area contributed by atoms with Gasteiger partial charge in [-0.15, -0.1) is 5.10 Å². The smallest absolute Gasteiger partial charge is 0.284 e. The molecule has 0 fully saturated rings. The number of carbonyl (C=O) groups excluding carboxylic acids is 1. The molecule has 0 spiro atoms. The molecule has 0 aliphatic carbocycles. The average Bonchev–Trinajstić information content (AvgIpc) is 2.28. The van der Waals surface area contributed by atoms with Crippen LogP contribution in [0.25, 0.3) is 0 Å². The number of rotatable bonds is 2. The van der Waals surface area contributed by atoms with Crippen molar-refractivity contribution < 1.29 is 13.6 Å². The molecule has 1 aromatic rings. The third kappa shape index (κ3) is 2.02. The molecule has 72 valence electrons. The Kier molecular flexibility index (Phi) is 2.67. The normalized spacial score (nSPS) is 11.8. The predicted molar refractivity (Wildman–Crippen MR) is 43.8 cm³/mol. The number of aryl methyl sites for hydroxylation is 1. The molecule has 0 unspecified atom stereocenters. The number of ketones is 1. The van der Waals surface area contributed by atoms with Gasteiger partial charge < -0.3 is 0 Å². The Bertz CT molecular complexity index is 329. The van der Waals surface area contributed by atoms with Gasteiger partial charge in [0.25, 0.3) is 5.78 Å². The maximum absolute atomic E-state index is 12.4. The number of carbonyl (C=O) groups is 1. The average molecular weight is 274 g/mol. The van der Waals surface area contributed by atoms with Gasteiger partial charge in [-0.1, -0.05) is 5.21 Å². The molecule has 1 aromatic heterocycles. The van der Waals surface area contributed by atoms with E-state index in [-0.39, 0.29) is 10.3 Å². The van der Waals surface area contributed by atoms with Gasteiger partial charge in [0, 0.05) is 7.05 Å². The summed E-state index contributed by atoms with van der Waals surface area (Å²) in [7, 11) is 1.31. The van der Waals surface area contributed by atoms with Gasteiger partial charge in [-0.25, -0.2) is 4.68 Å². The molecule has 0 radical (unpaired) electrons. The van der Waals surface area contributed by atoms with Crippen molar-refractivity contribution in [1.82, 2.24) is 15.0 Å². The molecule has 0 saturated carbocycles. The fraction of sp³-hybridized carbons (Fsp3) is 0.400. The highest BCUT2D eigenvalue weighted by Crippen LogP contribution is 2.26. The van der Waals surface area contributed by atoms with Gasteiger partial charge >= 0.3 is 5.38 Å². The Morgan fingerprint density at radius 2 is 2.23 bits per heavy atom. The largest absolute Gasteiger partial charge is 0.386 e. The summed E-state index contributed by atoms with van der Waals surface area (Å²) in [5.74, 6) is -1.53. The maximum atomic E-state index is 12.4. The van der Waals surface area contributed by atoms with Crippen molar-refractivity contribution in [3.05, 3.63) is 10.3 Å². The first-order valence-corrected chi connectivity index (χ1v) is 4.18. The van der Waals surface area contributed by atoms with Crippen LogP contribution >= 0.6 is 27.5 Å². The number of hydrogen-bond acceptors (Lipinski definition) is 3. The minimum absolute atomic E-state index is 0.0553. The molecule has 0 bridgehead atoms. The van der Waals surface area contributed by atoms with Crippen LogP contribution in [0.2, 0.25) is 0 Å². The summed E-state index contributed by atoms with van der Waals surface area (Å²) in [5, 5.41) is 2.79. The van der Waals surface area contributed by atoms with E-state index in [4.69, 9.17) is 0 Å². The third-order valence-electron chi connectivity index (χ3n) is 1.26. The van der Waals surface area contributed by atoms with Gasteiger partial charge in [0.2, 0.25) is 0 Å². The summed E-state index contributed by atoms with van der Waals surface area (Å²) >= 11 is 7.35. The van der Waals surface area contributed by atoms with Crippen LogP contribution in [0, 0.1) is 0 Å². The number of nitrogens with zero attached hydrogens (tertiary/aromatic N) is 3. The quantitative estimate of drug-likeness (QED) is 0.608. The second kappa shape index (κ2) is 3.30. The van der Waals surface area contributed by atoms with Gasteiger partial charge in [0.1, 0.15) is 5.69 Å². The van der Waals surface area contributed by atoms with Crippen molar-refractivity contribution in [1.29, 1.82) is 0 Å². The molecule has 0 aromatic carbocycles. The lowest BCUT2D eigenvalue weighted by atomic mass is 10.3. The van der Waals surface area contributed by atoms with Gasteiger partial charge in [-0.05, 0) is 27.5 Å². The van der Waals surface area contributed by atoms with Crippen LogP contribution in [0.3, 0.4) is 0 Å². The van der Waals surface area contributed by atoms with Crippen molar-refractivity contribution in [3.63, 3.8) is 0 Å². The number of Topliss-reactive ketones (excluding diaryl/α,β-unsaturated/α-hetero) is 1. The SMILES string of the molecule is Cn1nnc(Br)c1C(=O)C(F)(F)Cl. The highest BCUT2D eigenvalue weighted by Gasteiger charge is 2.40. The van der Waals surface area contributed by atoms with Crippen LogP contribution in [-0.4, -0.2) is 26.2 Å². The number of halogens is 4. The monoisotopic (exact) mass is 273 g/mol. The van der Waals surface area contributed by atoms with E-state index in [9.17, 15) is 13.6 Å². The molecule has 8 heteroatoms. The minimum atomic E-state index is -3.93. The Balaban J connectivity index is 3.16. The lowest BCUT2D eigenvalue weighted by Gasteiger charge is -2.05. The third-order valence-corrected chi connectivity index (χ3v) is 1.96. The van der Waals surface area contributed by atoms with Gasteiger partial charge in [-0.3, -0.25) is 4.79 Å². The summed E-state index contributed by atoms with van der Waals surface area (Å²) in [4.78, 5) is 11.0. The van der Waals surface area contributed by atoms with E-state index in [0.717, 1.165) is 4.68 Å². The molecule has 0 aliphatic rings. The highest BCUT2D eigenvalue weighted by molar-refractivity contribution is 9.10. The molecule has 1 heterocycles. The minimum Gasteiger partial charge on any atom is -0.284 e.